The van der Waals surface area contributed by atoms with E-state index < -0.39 is 27.7 Å². The van der Waals surface area contributed by atoms with Crippen LogP contribution < -0.4 is 4.72 Å². The molecule has 2 rings (SSSR count). The molecule has 0 bridgehead atoms. The fourth-order valence-electron chi connectivity index (χ4n) is 1.54. The van der Waals surface area contributed by atoms with Gasteiger partial charge in [-0.05, 0) is 24.6 Å². The van der Waals surface area contributed by atoms with Crippen LogP contribution in [-0.4, -0.2) is 18.6 Å². The normalized spacial score (nSPS) is 13.4. The van der Waals surface area contributed by atoms with Crippen LogP contribution >= 0.6 is 0 Å². The molecule has 0 aliphatic heterocycles. The number of H-pyrrole nitrogens is 1. The zero-order chi connectivity index (χ0) is 14.0. The number of sulfonamides is 1. The van der Waals surface area contributed by atoms with Crippen molar-refractivity contribution in [1.82, 2.24) is 14.9 Å². The maximum atomic E-state index is 13.1. The van der Waals surface area contributed by atoms with Crippen LogP contribution in [0.3, 0.4) is 0 Å². The maximum absolute atomic E-state index is 13.1. The van der Waals surface area contributed by atoms with Crippen LogP contribution in [0.4, 0.5) is 8.78 Å². The molecule has 0 saturated carbocycles. The number of nitrogens with zero attached hydrogens (tertiary/aromatic N) is 1. The summed E-state index contributed by atoms with van der Waals surface area (Å²) in [5.41, 5.74) is 0.325. The van der Waals surface area contributed by atoms with Gasteiger partial charge in [0.05, 0.1) is 6.20 Å². The van der Waals surface area contributed by atoms with Gasteiger partial charge in [-0.3, -0.25) is 5.10 Å². The second-order valence-corrected chi connectivity index (χ2v) is 5.66. The fraction of sp³-hybridized carbons (Fsp3) is 0.182. The van der Waals surface area contributed by atoms with Gasteiger partial charge in [-0.25, -0.2) is 21.9 Å². The van der Waals surface area contributed by atoms with E-state index in [-0.39, 0.29) is 4.90 Å². The zero-order valence-electron chi connectivity index (χ0n) is 9.89. The third kappa shape index (κ3) is 2.96. The number of nitrogens with one attached hydrogen (secondary N) is 2. The number of hydrogen-bond acceptors (Lipinski definition) is 3. The average molecular weight is 287 g/mol. The lowest BCUT2D eigenvalue weighted by Crippen LogP contribution is -2.26. The van der Waals surface area contributed by atoms with Crippen LogP contribution in [-0.2, 0) is 10.0 Å². The highest BCUT2D eigenvalue weighted by atomic mass is 32.2. The minimum absolute atomic E-state index is 0.0260. The molecule has 0 amide bonds. The van der Waals surface area contributed by atoms with E-state index in [1.54, 1.807) is 0 Å². The molecular weight excluding hydrogens is 276 g/mol. The SMILES string of the molecule is CC(NS(=O)(=O)c1cn[nH]c1)c1ccc(F)c(F)c1. The minimum Gasteiger partial charge on any atom is -0.284 e. The summed E-state index contributed by atoms with van der Waals surface area (Å²) in [5.74, 6) is -2.00. The molecule has 0 fully saturated rings. The van der Waals surface area contributed by atoms with Gasteiger partial charge in [0.2, 0.25) is 10.0 Å². The van der Waals surface area contributed by atoms with Gasteiger partial charge < -0.3 is 0 Å². The summed E-state index contributed by atoms with van der Waals surface area (Å²) in [4.78, 5) is -0.0260. The lowest BCUT2D eigenvalue weighted by atomic mass is 10.1. The maximum Gasteiger partial charge on any atom is 0.244 e. The van der Waals surface area contributed by atoms with Gasteiger partial charge in [0, 0.05) is 12.2 Å². The van der Waals surface area contributed by atoms with Crippen molar-refractivity contribution in [3.8, 4) is 0 Å². The van der Waals surface area contributed by atoms with E-state index in [1.807, 2.05) is 0 Å². The molecule has 1 aromatic heterocycles. The molecule has 1 unspecified atom stereocenters. The molecule has 0 spiro atoms. The number of aromatic amines is 1. The highest BCUT2D eigenvalue weighted by Gasteiger charge is 2.19. The molecule has 2 aromatic rings. The van der Waals surface area contributed by atoms with Crippen LogP contribution in [0.15, 0.2) is 35.5 Å². The molecular formula is C11H11F2N3O2S. The van der Waals surface area contributed by atoms with Gasteiger partial charge in [0.15, 0.2) is 11.6 Å². The van der Waals surface area contributed by atoms with Crippen molar-refractivity contribution in [1.29, 1.82) is 0 Å². The summed E-state index contributed by atoms with van der Waals surface area (Å²) in [5, 5.41) is 5.93. The highest BCUT2D eigenvalue weighted by molar-refractivity contribution is 7.89. The van der Waals surface area contributed by atoms with Crippen LogP contribution in [0.1, 0.15) is 18.5 Å². The van der Waals surface area contributed by atoms with Crippen LogP contribution in [0.2, 0.25) is 0 Å². The summed E-state index contributed by atoms with van der Waals surface area (Å²) in [6, 6.07) is 2.53. The highest BCUT2D eigenvalue weighted by Crippen LogP contribution is 2.18. The predicted octanol–water partition coefficient (Wildman–Crippen LogP) is 1.73. The smallest absolute Gasteiger partial charge is 0.244 e. The van der Waals surface area contributed by atoms with Crippen molar-refractivity contribution < 1.29 is 17.2 Å². The Balaban J connectivity index is 2.21. The van der Waals surface area contributed by atoms with Crippen molar-refractivity contribution >= 4 is 10.0 Å². The van der Waals surface area contributed by atoms with Gasteiger partial charge in [-0.2, -0.15) is 5.10 Å². The third-order valence-electron chi connectivity index (χ3n) is 2.56. The number of rotatable bonds is 4. The van der Waals surface area contributed by atoms with Gasteiger partial charge in [0.1, 0.15) is 4.90 Å². The van der Waals surface area contributed by atoms with Crippen molar-refractivity contribution in [3.63, 3.8) is 0 Å². The minimum atomic E-state index is -3.75. The summed E-state index contributed by atoms with van der Waals surface area (Å²) < 4.78 is 52.0. The van der Waals surface area contributed by atoms with E-state index in [9.17, 15) is 17.2 Å². The predicted molar refractivity (Wildman–Crippen MR) is 63.7 cm³/mol. The Labute approximate surface area is 108 Å². The topological polar surface area (TPSA) is 74.8 Å². The van der Waals surface area contributed by atoms with Gasteiger partial charge in [-0.15, -0.1) is 0 Å². The second kappa shape index (κ2) is 5.06. The summed E-state index contributed by atoms with van der Waals surface area (Å²) in [6.07, 6.45) is 2.38. The van der Waals surface area contributed by atoms with E-state index in [4.69, 9.17) is 0 Å². The first-order valence-corrected chi connectivity index (χ1v) is 6.84. The molecule has 1 atom stereocenters. The van der Waals surface area contributed by atoms with E-state index in [0.29, 0.717) is 5.56 Å². The molecule has 2 N–H and O–H groups in total. The molecule has 102 valence electrons. The Morgan fingerprint density at radius 1 is 1.32 bits per heavy atom. The molecule has 0 aliphatic rings. The van der Waals surface area contributed by atoms with Crippen molar-refractivity contribution in [2.24, 2.45) is 0 Å². The van der Waals surface area contributed by atoms with Gasteiger partial charge >= 0.3 is 0 Å². The number of benzene rings is 1. The van der Waals surface area contributed by atoms with E-state index in [1.165, 1.54) is 19.2 Å². The lowest BCUT2D eigenvalue weighted by molar-refractivity contribution is 0.504. The Morgan fingerprint density at radius 3 is 2.63 bits per heavy atom. The monoisotopic (exact) mass is 287 g/mol. The zero-order valence-corrected chi connectivity index (χ0v) is 10.7. The van der Waals surface area contributed by atoms with Crippen molar-refractivity contribution in [2.75, 3.05) is 0 Å². The molecule has 0 saturated heterocycles. The van der Waals surface area contributed by atoms with E-state index in [2.05, 4.69) is 14.9 Å². The molecule has 0 radical (unpaired) electrons. The van der Waals surface area contributed by atoms with Crippen LogP contribution in [0.25, 0.3) is 0 Å². The average Bonchev–Trinajstić information content (AvgIpc) is 2.86. The van der Waals surface area contributed by atoms with Crippen molar-refractivity contribution in [2.45, 2.75) is 17.9 Å². The van der Waals surface area contributed by atoms with Crippen LogP contribution in [0.5, 0.6) is 0 Å². The Kier molecular flexibility index (Phi) is 3.63. The molecule has 1 aromatic carbocycles. The number of aromatic nitrogens is 2. The second-order valence-electron chi connectivity index (χ2n) is 3.95. The largest absolute Gasteiger partial charge is 0.284 e. The summed E-state index contributed by atoms with van der Waals surface area (Å²) in [6.45, 7) is 1.53. The molecule has 0 aliphatic carbocycles. The van der Waals surface area contributed by atoms with Crippen molar-refractivity contribution in [3.05, 3.63) is 47.8 Å². The first kappa shape index (κ1) is 13.6. The van der Waals surface area contributed by atoms with E-state index >= 15 is 0 Å². The van der Waals surface area contributed by atoms with E-state index in [0.717, 1.165) is 18.3 Å². The van der Waals surface area contributed by atoms with Gasteiger partial charge in [-0.1, -0.05) is 6.07 Å². The molecule has 5 nitrogen and oxygen atoms in total. The third-order valence-corrected chi connectivity index (χ3v) is 4.07. The number of hydrogen-bond donors (Lipinski definition) is 2. The quantitative estimate of drug-likeness (QED) is 0.899. The van der Waals surface area contributed by atoms with Gasteiger partial charge in [0.25, 0.3) is 0 Å². The van der Waals surface area contributed by atoms with Crippen LogP contribution in [0, 0.1) is 11.6 Å². The Hall–Kier alpha value is -1.80. The Morgan fingerprint density at radius 2 is 2.05 bits per heavy atom. The number of halogens is 2. The first-order chi connectivity index (χ1) is 8.90. The standard InChI is InChI=1S/C11H11F2N3O2S/c1-7(8-2-3-10(12)11(13)4-8)16-19(17,18)9-5-14-15-6-9/h2-7,16H,1H3,(H,14,15). The Bertz CT molecular complexity index is 671. The molecule has 19 heavy (non-hydrogen) atoms. The molecule has 8 heteroatoms. The summed E-state index contributed by atoms with van der Waals surface area (Å²) in [7, 11) is -3.75. The lowest BCUT2D eigenvalue weighted by Gasteiger charge is -2.13. The first-order valence-electron chi connectivity index (χ1n) is 5.36. The molecule has 1 heterocycles. The fourth-order valence-corrected chi connectivity index (χ4v) is 2.67. The summed E-state index contributed by atoms with van der Waals surface area (Å²) >= 11 is 0.